The zero-order valence-electron chi connectivity index (χ0n) is 14.4. The van der Waals surface area contributed by atoms with E-state index in [0.29, 0.717) is 23.6 Å². The molecule has 0 radical (unpaired) electrons. The molecule has 1 N–H and O–H groups in total. The van der Waals surface area contributed by atoms with E-state index in [2.05, 4.69) is 5.32 Å². The molecule has 0 bridgehead atoms. The van der Waals surface area contributed by atoms with E-state index in [-0.39, 0.29) is 5.91 Å². The third-order valence-electron chi connectivity index (χ3n) is 4.33. The predicted molar refractivity (Wildman–Crippen MR) is 101 cm³/mol. The van der Waals surface area contributed by atoms with Crippen LogP contribution in [0, 0.1) is 6.92 Å². The molecule has 0 saturated heterocycles. The molecule has 0 saturated carbocycles. The van der Waals surface area contributed by atoms with E-state index in [1.807, 2.05) is 79.7 Å². The number of ether oxygens (including phenoxy) is 2. The highest BCUT2D eigenvalue weighted by atomic mass is 16.7. The number of para-hydroxylation sites is 2. The fraction of sp³-hybridized carbons (Fsp3) is 0.136. The van der Waals surface area contributed by atoms with Gasteiger partial charge in [-0.25, -0.2) is 0 Å². The van der Waals surface area contributed by atoms with Gasteiger partial charge in [-0.15, -0.1) is 0 Å². The lowest BCUT2D eigenvalue weighted by Gasteiger charge is -2.25. The van der Waals surface area contributed by atoms with Crippen molar-refractivity contribution in [3.05, 3.63) is 89.5 Å². The summed E-state index contributed by atoms with van der Waals surface area (Å²) in [6.45, 7) is 2.00. The molecule has 1 aliphatic heterocycles. The molecule has 0 aromatic heterocycles. The van der Waals surface area contributed by atoms with Gasteiger partial charge in [0, 0.05) is 12.1 Å². The van der Waals surface area contributed by atoms with Crippen molar-refractivity contribution >= 4 is 11.6 Å². The predicted octanol–water partition coefficient (Wildman–Crippen LogP) is 4.32. The molecule has 3 aromatic rings. The number of nitrogens with one attached hydrogen (secondary N) is 1. The van der Waals surface area contributed by atoms with Crippen LogP contribution in [0.2, 0.25) is 0 Å². The summed E-state index contributed by atoms with van der Waals surface area (Å²) in [6.07, 6.45) is -0.377. The SMILES string of the molecule is Cc1ccc(NC(=O)C2Oc3ccccc3Cc3ccccc3O2)cc1. The first-order valence-electron chi connectivity index (χ1n) is 8.56. The first-order valence-corrected chi connectivity index (χ1v) is 8.56. The fourth-order valence-electron chi connectivity index (χ4n) is 2.93. The van der Waals surface area contributed by atoms with Crippen molar-refractivity contribution < 1.29 is 14.3 Å². The topological polar surface area (TPSA) is 47.6 Å². The molecule has 26 heavy (non-hydrogen) atoms. The molecule has 1 heterocycles. The first-order chi connectivity index (χ1) is 12.7. The Morgan fingerprint density at radius 1 is 0.846 bits per heavy atom. The molecule has 4 rings (SSSR count). The van der Waals surface area contributed by atoms with Gasteiger partial charge in [0.15, 0.2) is 0 Å². The minimum absolute atomic E-state index is 0.347. The molecular formula is C22H19NO3. The second-order valence-corrected chi connectivity index (χ2v) is 6.32. The smallest absolute Gasteiger partial charge is 0.321 e. The summed E-state index contributed by atoms with van der Waals surface area (Å²) in [5.74, 6) is 0.970. The largest absolute Gasteiger partial charge is 0.446 e. The standard InChI is InChI=1S/C22H19NO3/c1-15-10-12-18(13-11-15)23-21(24)22-25-19-8-4-2-6-16(19)14-17-7-3-5-9-20(17)26-22/h2-13,22H,14H2,1H3,(H,23,24). The van der Waals surface area contributed by atoms with Gasteiger partial charge in [-0.2, -0.15) is 0 Å². The second-order valence-electron chi connectivity index (χ2n) is 6.32. The number of carbonyl (C=O) groups excluding carboxylic acids is 1. The van der Waals surface area contributed by atoms with Gasteiger partial charge in [-0.3, -0.25) is 4.79 Å². The Morgan fingerprint density at radius 3 is 1.96 bits per heavy atom. The van der Waals surface area contributed by atoms with Gasteiger partial charge in [-0.1, -0.05) is 54.1 Å². The van der Waals surface area contributed by atoms with E-state index in [9.17, 15) is 4.79 Å². The van der Waals surface area contributed by atoms with Crippen LogP contribution >= 0.6 is 0 Å². The van der Waals surface area contributed by atoms with Crippen molar-refractivity contribution in [2.45, 2.75) is 19.6 Å². The van der Waals surface area contributed by atoms with Crippen LogP contribution in [-0.2, 0) is 11.2 Å². The summed E-state index contributed by atoms with van der Waals surface area (Å²) in [4.78, 5) is 12.8. The number of benzene rings is 3. The Kier molecular flexibility index (Phi) is 4.32. The normalized spacial score (nSPS) is 13.3. The van der Waals surface area contributed by atoms with Gasteiger partial charge in [0.1, 0.15) is 11.5 Å². The van der Waals surface area contributed by atoms with Crippen molar-refractivity contribution in [3.8, 4) is 11.5 Å². The Hall–Kier alpha value is -3.27. The van der Waals surface area contributed by atoms with Gasteiger partial charge >= 0.3 is 12.2 Å². The molecule has 4 heteroatoms. The number of rotatable bonds is 2. The Labute approximate surface area is 152 Å². The van der Waals surface area contributed by atoms with Crippen LogP contribution in [-0.4, -0.2) is 12.2 Å². The third-order valence-corrected chi connectivity index (χ3v) is 4.33. The molecule has 1 aliphatic rings. The molecule has 0 fully saturated rings. The number of carbonyl (C=O) groups is 1. The van der Waals surface area contributed by atoms with Crippen LogP contribution in [0.25, 0.3) is 0 Å². The highest BCUT2D eigenvalue weighted by Crippen LogP contribution is 2.31. The number of hydrogen-bond donors (Lipinski definition) is 1. The lowest BCUT2D eigenvalue weighted by molar-refractivity contribution is -0.134. The van der Waals surface area contributed by atoms with Gasteiger partial charge in [-0.05, 0) is 42.3 Å². The van der Waals surface area contributed by atoms with E-state index in [1.165, 1.54) is 0 Å². The van der Waals surface area contributed by atoms with Crippen LogP contribution in [0.5, 0.6) is 11.5 Å². The number of hydrogen-bond acceptors (Lipinski definition) is 3. The second kappa shape index (κ2) is 6.92. The Morgan fingerprint density at radius 2 is 1.38 bits per heavy atom. The highest BCUT2D eigenvalue weighted by Gasteiger charge is 2.27. The fourth-order valence-corrected chi connectivity index (χ4v) is 2.93. The Balaban J connectivity index is 1.65. The molecule has 0 spiro atoms. The number of fused-ring (bicyclic) bond motifs is 2. The van der Waals surface area contributed by atoms with Crippen LogP contribution < -0.4 is 14.8 Å². The average Bonchev–Trinajstić information content (AvgIpc) is 2.64. The number of aryl methyl sites for hydroxylation is 1. The van der Waals surface area contributed by atoms with Crippen molar-refractivity contribution in [3.63, 3.8) is 0 Å². The minimum atomic E-state index is -1.07. The monoisotopic (exact) mass is 345 g/mol. The molecule has 4 nitrogen and oxygen atoms in total. The molecule has 0 aliphatic carbocycles. The van der Waals surface area contributed by atoms with E-state index in [0.717, 1.165) is 16.7 Å². The zero-order valence-corrected chi connectivity index (χ0v) is 14.4. The minimum Gasteiger partial charge on any atom is -0.446 e. The van der Waals surface area contributed by atoms with E-state index < -0.39 is 6.29 Å². The molecular weight excluding hydrogens is 326 g/mol. The zero-order chi connectivity index (χ0) is 17.9. The van der Waals surface area contributed by atoms with Gasteiger partial charge in [0.25, 0.3) is 0 Å². The maximum absolute atomic E-state index is 12.8. The summed E-state index contributed by atoms with van der Waals surface area (Å²) in [6, 6.07) is 23.1. The third kappa shape index (κ3) is 3.40. The number of amides is 1. The quantitative estimate of drug-likeness (QED) is 0.752. The van der Waals surface area contributed by atoms with Crippen molar-refractivity contribution in [2.75, 3.05) is 5.32 Å². The lowest BCUT2D eigenvalue weighted by atomic mass is 10.0. The molecule has 0 unspecified atom stereocenters. The summed E-state index contributed by atoms with van der Waals surface area (Å²) in [5, 5.41) is 2.86. The number of anilines is 1. The van der Waals surface area contributed by atoms with Crippen molar-refractivity contribution in [2.24, 2.45) is 0 Å². The van der Waals surface area contributed by atoms with Gasteiger partial charge in [0.2, 0.25) is 0 Å². The van der Waals surface area contributed by atoms with E-state index >= 15 is 0 Å². The molecule has 130 valence electrons. The van der Waals surface area contributed by atoms with Crippen LogP contribution in [0.4, 0.5) is 5.69 Å². The average molecular weight is 345 g/mol. The summed E-state index contributed by atoms with van der Waals surface area (Å²) in [5.41, 5.74) is 3.88. The first kappa shape index (κ1) is 16.2. The van der Waals surface area contributed by atoms with Crippen molar-refractivity contribution in [1.29, 1.82) is 0 Å². The highest BCUT2D eigenvalue weighted by molar-refractivity contribution is 5.93. The summed E-state index contributed by atoms with van der Waals surface area (Å²) < 4.78 is 11.8. The maximum Gasteiger partial charge on any atom is 0.321 e. The molecule has 3 aromatic carbocycles. The van der Waals surface area contributed by atoms with Crippen LogP contribution in [0.3, 0.4) is 0 Å². The molecule has 1 amide bonds. The Bertz CT molecular complexity index is 887. The van der Waals surface area contributed by atoms with Gasteiger partial charge < -0.3 is 14.8 Å². The van der Waals surface area contributed by atoms with Crippen LogP contribution in [0.15, 0.2) is 72.8 Å². The van der Waals surface area contributed by atoms with Gasteiger partial charge in [0.05, 0.1) is 0 Å². The maximum atomic E-state index is 12.8. The molecule has 0 atom stereocenters. The summed E-state index contributed by atoms with van der Waals surface area (Å²) >= 11 is 0. The van der Waals surface area contributed by atoms with Crippen LogP contribution in [0.1, 0.15) is 16.7 Å². The van der Waals surface area contributed by atoms with E-state index in [1.54, 1.807) is 0 Å². The van der Waals surface area contributed by atoms with E-state index in [4.69, 9.17) is 9.47 Å². The summed E-state index contributed by atoms with van der Waals surface area (Å²) in [7, 11) is 0. The van der Waals surface area contributed by atoms with Crippen molar-refractivity contribution in [1.82, 2.24) is 0 Å². The lowest BCUT2D eigenvalue weighted by Crippen LogP contribution is -2.39.